The van der Waals surface area contributed by atoms with E-state index in [-0.39, 0.29) is 5.91 Å². The maximum atomic E-state index is 12.6. The molecule has 2 heterocycles. The number of fused-ring (bicyclic) bond motifs is 1. The van der Waals surface area contributed by atoms with E-state index in [2.05, 4.69) is 21.6 Å². The van der Waals surface area contributed by atoms with Crippen LogP contribution in [0.3, 0.4) is 0 Å². The Morgan fingerprint density at radius 3 is 2.81 bits per heavy atom. The van der Waals surface area contributed by atoms with Crippen LogP contribution in [0.5, 0.6) is 0 Å². The molecule has 1 aliphatic rings. The van der Waals surface area contributed by atoms with Gasteiger partial charge in [-0.15, -0.1) is 11.3 Å². The Bertz CT molecular complexity index is 1080. The van der Waals surface area contributed by atoms with Crippen molar-refractivity contribution in [2.24, 2.45) is 0 Å². The third-order valence-electron chi connectivity index (χ3n) is 4.55. The number of nitriles is 1. The van der Waals surface area contributed by atoms with Crippen molar-refractivity contribution >= 4 is 45.4 Å². The third kappa shape index (κ3) is 3.46. The summed E-state index contributed by atoms with van der Waals surface area (Å²) in [5, 5.41) is 20.8. The van der Waals surface area contributed by atoms with Gasteiger partial charge in [0.15, 0.2) is 0 Å². The lowest BCUT2D eigenvalue weighted by Gasteiger charge is -2.09. The summed E-state index contributed by atoms with van der Waals surface area (Å²) in [6, 6.07) is 9.06. The minimum absolute atomic E-state index is 0.311. The number of aromatic nitrogens is 2. The van der Waals surface area contributed by atoms with Gasteiger partial charge in [0.05, 0.1) is 21.3 Å². The van der Waals surface area contributed by atoms with Gasteiger partial charge in [-0.05, 0) is 49.4 Å². The highest BCUT2D eigenvalue weighted by Gasteiger charge is 2.22. The van der Waals surface area contributed by atoms with Crippen molar-refractivity contribution < 1.29 is 4.79 Å². The second kappa shape index (κ2) is 7.35. The van der Waals surface area contributed by atoms with Crippen LogP contribution in [-0.4, -0.2) is 16.1 Å². The Kier molecular flexibility index (Phi) is 4.92. The molecule has 0 saturated heterocycles. The first-order valence-electron chi connectivity index (χ1n) is 8.43. The van der Waals surface area contributed by atoms with Gasteiger partial charge in [0.25, 0.3) is 5.91 Å². The van der Waals surface area contributed by atoms with E-state index in [4.69, 9.17) is 23.2 Å². The van der Waals surface area contributed by atoms with E-state index in [1.165, 1.54) is 16.2 Å². The van der Waals surface area contributed by atoms with Crippen molar-refractivity contribution in [3.05, 3.63) is 56.0 Å². The number of thiophene rings is 1. The molecule has 0 atom stereocenters. The summed E-state index contributed by atoms with van der Waals surface area (Å²) in [7, 11) is 0. The van der Waals surface area contributed by atoms with Crippen LogP contribution in [0.4, 0.5) is 5.00 Å². The van der Waals surface area contributed by atoms with Gasteiger partial charge in [-0.2, -0.15) is 10.4 Å². The maximum absolute atomic E-state index is 12.6. The van der Waals surface area contributed by atoms with Gasteiger partial charge in [0, 0.05) is 10.4 Å². The fourth-order valence-electron chi connectivity index (χ4n) is 3.18. The molecule has 1 aromatic carbocycles. The number of aromatic amines is 1. The molecule has 0 aliphatic heterocycles. The number of anilines is 1. The first-order valence-corrected chi connectivity index (χ1v) is 10.0. The summed E-state index contributed by atoms with van der Waals surface area (Å²) in [6.07, 6.45) is 4.07. The Morgan fingerprint density at radius 2 is 2.04 bits per heavy atom. The second-order valence-corrected chi connectivity index (χ2v) is 8.20. The summed E-state index contributed by atoms with van der Waals surface area (Å²) < 4.78 is 0. The number of rotatable bonds is 3. The van der Waals surface area contributed by atoms with Crippen LogP contribution in [0.1, 0.15) is 39.3 Å². The van der Waals surface area contributed by atoms with Crippen molar-refractivity contribution in [2.45, 2.75) is 25.7 Å². The first-order chi connectivity index (χ1) is 13.1. The molecule has 0 radical (unpaired) electrons. The van der Waals surface area contributed by atoms with E-state index >= 15 is 0 Å². The molecule has 0 saturated carbocycles. The number of carbonyl (C=O) groups is 1. The van der Waals surface area contributed by atoms with Crippen LogP contribution >= 0.6 is 34.5 Å². The molecule has 8 heteroatoms. The normalized spacial score (nSPS) is 13.1. The van der Waals surface area contributed by atoms with E-state index in [1.807, 2.05) is 0 Å². The van der Waals surface area contributed by atoms with Crippen LogP contribution in [-0.2, 0) is 12.8 Å². The molecule has 0 bridgehead atoms. The zero-order valence-electron chi connectivity index (χ0n) is 14.1. The van der Waals surface area contributed by atoms with Crippen LogP contribution in [0, 0.1) is 11.3 Å². The zero-order valence-corrected chi connectivity index (χ0v) is 16.4. The van der Waals surface area contributed by atoms with E-state index in [1.54, 1.807) is 24.3 Å². The lowest BCUT2D eigenvalue weighted by Crippen LogP contribution is -2.12. The minimum Gasteiger partial charge on any atom is -0.311 e. The fourth-order valence-corrected chi connectivity index (χ4v) is 4.72. The predicted octanol–water partition coefficient (Wildman–Crippen LogP) is 5.45. The van der Waals surface area contributed by atoms with Gasteiger partial charge >= 0.3 is 0 Å². The lowest BCUT2D eigenvalue weighted by molar-refractivity contribution is 0.102. The number of H-pyrrole nitrogens is 1. The monoisotopic (exact) mass is 416 g/mol. The van der Waals surface area contributed by atoms with Gasteiger partial charge in [0.1, 0.15) is 16.8 Å². The van der Waals surface area contributed by atoms with Gasteiger partial charge in [-0.25, -0.2) is 0 Å². The van der Waals surface area contributed by atoms with Crippen molar-refractivity contribution in [2.75, 3.05) is 5.32 Å². The summed E-state index contributed by atoms with van der Waals surface area (Å²) >= 11 is 13.5. The van der Waals surface area contributed by atoms with Gasteiger partial charge in [0.2, 0.25) is 0 Å². The number of benzene rings is 1. The Morgan fingerprint density at radius 1 is 1.22 bits per heavy atom. The topological polar surface area (TPSA) is 81.6 Å². The second-order valence-electron chi connectivity index (χ2n) is 6.28. The molecule has 2 aromatic heterocycles. The average molecular weight is 417 g/mol. The number of nitrogens with zero attached hydrogens (tertiary/aromatic N) is 2. The smallest absolute Gasteiger partial charge is 0.274 e. The number of aryl methyl sites for hydroxylation is 1. The highest BCUT2D eigenvalue weighted by atomic mass is 35.5. The largest absolute Gasteiger partial charge is 0.311 e. The zero-order chi connectivity index (χ0) is 19.0. The van der Waals surface area contributed by atoms with Crippen LogP contribution < -0.4 is 5.32 Å². The fraction of sp³-hybridized carbons (Fsp3) is 0.211. The van der Waals surface area contributed by atoms with Crippen molar-refractivity contribution in [1.29, 1.82) is 5.26 Å². The molecule has 136 valence electrons. The molecular weight excluding hydrogens is 403 g/mol. The molecule has 5 nitrogen and oxygen atoms in total. The highest BCUT2D eigenvalue weighted by molar-refractivity contribution is 7.16. The third-order valence-corrected chi connectivity index (χ3v) is 6.49. The van der Waals surface area contributed by atoms with E-state index in [0.29, 0.717) is 32.0 Å². The number of hydrogen-bond donors (Lipinski definition) is 2. The summed E-state index contributed by atoms with van der Waals surface area (Å²) in [5.74, 6) is -0.330. The number of nitrogens with one attached hydrogen (secondary N) is 2. The van der Waals surface area contributed by atoms with Crippen LogP contribution in [0.25, 0.3) is 11.3 Å². The minimum atomic E-state index is -0.330. The maximum Gasteiger partial charge on any atom is 0.274 e. The van der Waals surface area contributed by atoms with Crippen molar-refractivity contribution in [3.8, 4) is 17.3 Å². The molecule has 2 N–H and O–H groups in total. The molecule has 4 rings (SSSR count). The van der Waals surface area contributed by atoms with Crippen molar-refractivity contribution in [1.82, 2.24) is 10.2 Å². The molecule has 1 aliphatic carbocycles. The highest BCUT2D eigenvalue weighted by Crippen LogP contribution is 2.37. The molecule has 0 unspecified atom stereocenters. The number of amides is 1. The van der Waals surface area contributed by atoms with E-state index in [9.17, 15) is 10.1 Å². The predicted molar refractivity (Wildman–Crippen MR) is 108 cm³/mol. The Hall–Kier alpha value is -2.33. The molecule has 1 amide bonds. The Labute approximate surface area is 169 Å². The number of carbonyl (C=O) groups excluding carboxylic acids is 1. The molecular formula is C19H14Cl2N4OS. The standard InChI is InChI=1S/C19H14Cl2N4OS/c20-13-6-5-10(7-14(13)21)15-8-16(25-24-15)18(26)23-19-12(9-22)11-3-1-2-4-17(11)27-19/h5-8H,1-4H2,(H,23,26)(H,24,25). The first kappa shape index (κ1) is 18.1. The molecule has 27 heavy (non-hydrogen) atoms. The lowest BCUT2D eigenvalue weighted by atomic mass is 9.96. The van der Waals surface area contributed by atoms with E-state index in [0.717, 1.165) is 36.8 Å². The van der Waals surface area contributed by atoms with Gasteiger partial charge in [-0.3, -0.25) is 9.89 Å². The van der Waals surface area contributed by atoms with E-state index < -0.39 is 0 Å². The molecule has 3 aromatic rings. The molecule has 0 spiro atoms. The summed E-state index contributed by atoms with van der Waals surface area (Å²) in [6.45, 7) is 0. The van der Waals surface area contributed by atoms with Crippen LogP contribution in [0.15, 0.2) is 24.3 Å². The summed E-state index contributed by atoms with van der Waals surface area (Å²) in [5.41, 5.74) is 3.33. The molecule has 0 fully saturated rings. The van der Waals surface area contributed by atoms with Crippen molar-refractivity contribution in [3.63, 3.8) is 0 Å². The SMILES string of the molecule is N#Cc1c(NC(=O)c2cc(-c3ccc(Cl)c(Cl)c3)n[nH]2)sc2c1CCCC2. The average Bonchev–Trinajstić information content (AvgIpc) is 3.28. The summed E-state index contributed by atoms with van der Waals surface area (Å²) in [4.78, 5) is 13.8. The number of hydrogen-bond acceptors (Lipinski definition) is 4. The van der Waals surface area contributed by atoms with Gasteiger partial charge in [-0.1, -0.05) is 29.3 Å². The van der Waals surface area contributed by atoms with Crippen LogP contribution in [0.2, 0.25) is 10.0 Å². The van der Waals surface area contributed by atoms with Gasteiger partial charge < -0.3 is 5.32 Å². The number of halogens is 2. The quantitative estimate of drug-likeness (QED) is 0.595. The Balaban J connectivity index is 1.58.